The summed E-state index contributed by atoms with van der Waals surface area (Å²) in [5.74, 6) is -0.235. The van der Waals surface area contributed by atoms with E-state index in [4.69, 9.17) is 0 Å². The molecule has 7 nitrogen and oxygen atoms in total. The van der Waals surface area contributed by atoms with Crippen molar-refractivity contribution in [3.8, 4) is 39.7 Å². The Morgan fingerprint density at radius 2 is 1.72 bits per heavy atom. The minimum Gasteiger partial charge on any atom is -0.506 e. The molecule has 0 radical (unpaired) electrons. The smallest absolute Gasteiger partial charge is 0.134 e. The molecule has 0 bridgehead atoms. The Morgan fingerprint density at radius 3 is 2.59 bits per heavy atom. The summed E-state index contributed by atoms with van der Waals surface area (Å²) in [4.78, 5) is 16.4. The van der Waals surface area contributed by atoms with Gasteiger partial charge in [-0.1, -0.05) is 12.1 Å². The highest BCUT2D eigenvalue weighted by atomic mass is 19.1. The standard InChI is InChI=1S/C24H15FN6O/c25-15-3-1-2-13(6-15)23-17-9-21(29-19(17)4-5-27-23)24-18-8-20(28-12-22(18)30-31-24)14-7-16(32)11-26-10-14/h1-12,29,32H,(H,30,31). The molecular weight excluding hydrogens is 407 g/mol. The normalized spacial score (nSPS) is 11.4. The van der Waals surface area contributed by atoms with E-state index in [1.807, 2.05) is 24.3 Å². The Labute approximate surface area is 180 Å². The summed E-state index contributed by atoms with van der Waals surface area (Å²) in [5.41, 5.74) is 5.93. The second kappa shape index (κ2) is 6.98. The summed E-state index contributed by atoms with van der Waals surface area (Å²) in [6.45, 7) is 0. The van der Waals surface area contributed by atoms with E-state index in [0.717, 1.165) is 33.2 Å². The highest BCUT2D eigenvalue weighted by molar-refractivity contribution is 6.00. The fraction of sp³-hybridized carbons (Fsp3) is 0. The molecule has 32 heavy (non-hydrogen) atoms. The summed E-state index contributed by atoms with van der Waals surface area (Å²) >= 11 is 0. The molecule has 1 aromatic carbocycles. The van der Waals surface area contributed by atoms with Crippen LogP contribution in [0.15, 0.2) is 73.3 Å². The molecule has 0 unspecified atom stereocenters. The van der Waals surface area contributed by atoms with Gasteiger partial charge >= 0.3 is 0 Å². The molecule has 0 saturated carbocycles. The highest BCUT2D eigenvalue weighted by Gasteiger charge is 2.15. The lowest BCUT2D eigenvalue weighted by molar-refractivity contribution is 0.473. The first kappa shape index (κ1) is 18.2. The van der Waals surface area contributed by atoms with Crippen LogP contribution in [0.3, 0.4) is 0 Å². The maximum absolute atomic E-state index is 13.8. The van der Waals surface area contributed by atoms with Crippen molar-refractivity contribution in [2.45, 2.75) is 0 Å². The quantitative estimate of drug-likeness (QED) is 0.369. The first-order valence-corrected chi connectivity index (χ1v) is 9.88. The fourth-order valence-corrected chi connectivity index (χ4v) is 3.90. The van der Waals surface area contributed by atoms with Crippen molar-refractivity contribution >= 4 is 21.8 Å². The van der Waals surface area contributed by atoms with E-state index in [-0.39, 0.29) is 11.6 Å². The molecule has 0 fully saturated rings. The number of benzene rings is 1. The van der Waals surface area contributed by atoms with E-state index in [2.05, 4.69) is 30.1 Å². The number of aromatic hydroxyl groups is 1. The molecule has 5 heterocycles. The van der Waals surface area contributed by atoms with Crippen molar-refractivity contribution in [3.63, 3.8) is 0 Å². The van der Waals surface area contributed by atoms with Crippen molar-refractivity contribution in [3.05, 3.63) is 79.1 Å². The van der Waals surface area contributed by atoms with E-state index in [0.29, 0.717) is 22.5 Å². The lowest BCUT2D eigenvalue weighted by Gasteiger charge is -2.02. The minimum atomic E-state index is -0.308. The molecule has 0 aliphatic rings. The van der Waals surface area contributed by atoms with E-state index in [9.17, 15) is 9.50 Å². The van der Waals surface area contributed by atoms with Crippen molar-refractivity contribution < 1.29 is 9.50 Å². The summed E-state index contributed by atoms with van der Waals surface area (Å²) < 4.78 is 13.8. The van der Waals surface area contributed by atoms with Crippen LogP contribution in [0.2, 0.25) is 0 Å². The van der Waals surface area contributed by atoms with Gasteiger partial charge in [0.1, 0.15) is 17.3 Å². The van der Waals surface area contributed by atoms with Gasteiger partial charge in [-0.15, -0.1) is 0 Å². The van der Waals surface area contributed by atoms with Gasteiger partial charge in [0.05, 0.1) is 35.0 Å². The summed E-state index contributed by atoms with van der Waals surface area (Å²) in [7, 11) is 0. The van der Waals surface area contributed by atoms with E-state index >= 15 is 0 Å². The number of rotatable bonds is 3. The third-order valence-electron chi connectivity index (χ3n) is 5.37. The number of aromatic amines is 2. The second-order valence-corrected chi connectivity index (χ2v) is 7.43. The zero-order chi connectivity index (χ0) is 21.7. The molecular formula is C24H15FN6O. The molecule has 8 heteroatoms. The highest BCUT2D eigenvalue weighted by Crippen LogP contribution is 2.34. The van der Waals surface area contributed by atoms with Crippen molar-refractivity contribution in [1.82, 2.24) is 30.1 Å². The molecule has 0 saturated heterocycles. The fourth-order valence-electron chi connectivity index (χ4n) is 3.90. The van der Waals surface area contributed by atoms with Gasteiger partial charge in [-0.3, -0.25) is 20.1 Å². The molecule has 0 atom stereocenters. The first-order valence-electron chi connectivity index (χ1n) is 9.88. The van der Waals surface area contributed by atoms with Crippen molar-refractivity contribution in [2.75, 3.05) is 0 Å². The molecule has 0 amide bonds. The molecule has 5 aromatic heterocycles. The molecule has 154 valence electrons. The number of fused-ring (bicyclic) bond motifs is 2. The number of hydrogen-bond acceptors (Lipinski definition) is 5. The maximum Gasteiger partial charge on any atom is 0.134 e. The van der Waals surface area contributed by atoms with Crippen LogP contribution in [-0.4, -0.2) is 35.2 Å². The second-order valence-electron chi connectivity index (χ2n) is 7.43. The van der Waals surface area contributed by atoms with Crippen LogP contribution in [0.4, 0.5) is 4.39 Å². The van der Waals surface area contributed by atoms with Crippen LogP contribution in [0.1, 0.15) is 0 Å². The van der Waals surface area contributed by atoms with Crippen LogP contribution in [0, 0.1) is 5.82 Å². The monoisotopic (exact) mass is 422 g/mol. The molecule has 0 aliphatic carbocycles. The van der Waals surface area contributed by atoms with E-state index in [1.54, 1.807) is 30.7 Å². The third-order valence-corrected chi connectivity index (χ3v) is 5.37. The Morgan fingerprint density at radius 1 is 0.812 bits per heavy atom. The largest absolute Gasteiger partial charge is 0.506 e. The summed E-state index contributed by atoms with van der Waals surface area (Å²) in [6.07, 6.45) is 6.42. The number of hydrogen-bond donors (Lipinski definition) is 3. The first-order chi connectivity index (χ1) is 15.7. The van der Waals surface area contributed by atoms with Gasteiger partial charge in [-0.25, -0.2) is 4.39 Å². The van der Waals surface area contributed by atoms with Gasteiger partial charge in [0, 0.05) is 39.8 Å². The lowest BCUT2D eigenvalue weighted by atomic mass is 10.1. The lowest BCUT2D eigenvalue weighted by Crippen LogP contribution is -1.85. The van der Waals surface area contributed by atoms with Gasteiger partial charge in [-0.2, -0.15) is 5.10 Å². The average molecular weight is 422 g/mol. The molecule has 0 aliphatic heterocycles. The van der Waals surface area contributed by atoms with Crippen molar-refractivity contribution in [2.24, 2.45) is 0 Å². The van der Waals surface area contributed by atoms with Gasteiger partial charge < -0.3 is 10.1 Å². The van der Waals surface area contributed by atoms with E-state index in [1.165, 1.54) is 18.3 Å². The number of nitrogens with one attached hydrogen (secondary N) is 2. The van der Waals surface area contributed by atoms with Gasteiger partial charge in [-0.05, 0) is 36.4 Å². The average Bonchev–Trinajstić information content (AvgIpc) is 3.42. The van der Waals surface area contributed by atoms with Crippen LogP contribution in [0.5, 0.6) is 5.75 Å². The Balaban J connectivity index is 1.51. The summed E-state index contributed by atoms with van der Waals surface area (Å²) in [6, 6.07) is 13.8. The minimum absolute atomic E-state index is 0.0739. The Hall–Kier alpha value is -4.59. The van der Waals surface area contributed by atoms with E-state index < -0.39 is 0 Å². The number of nitrogens with zero attached hydrogens (tertiary/aromatic N) is 4. The van der Waals surface area contributed by atoms with Crippen LogP contribution >= 0.6 is 0 Å². The molecule has 3 N–H and O–H groups in total. The zero-order valence-corrected chi connectivity index (χ0v) is 16.5. The Kier molecular flexibility index (Phi) is 3.97. The molecule has 6 rings (SSSR count). The predicted octanol–water partition coefficient (Wildman–Crippen LogP) is 5.07. The number of H-pyrrole nitrogens is 2. The zero-order valence-electron chi connectivity index (χ0n) is 16.5. The topological polar surface area (TPSA) is 103 Å². The third kappa shape index (κ3) is 2.97. The van der Waals surface area contributed by atoms with Crippen molar-refractivity contribution in [1.29, 1.82) is 0 Å². The van der Waals surface area contributed by atoms with Gasteiger partial charge in [0.25, 0.3) is 0 Å². The number of pyridine rings is 3. The van der Waals surface area contributed by atoms with Crippen LogP contribution in [-0.2, 0) is 0 Å². The van der Waals surface area contributed by atoms with Crippen LogP contribution < -0.4 is 0 Å². The Bertz CT molecular complexity index is 1620. The molecule has 6 aromatic rings. The number of aromatic nitrogens is 6. The number of halogens is 1. The van der Waals surface area contributed by atoms with Crippen LogP contribution in [0.25, 0.3) is 55.7 Å². The van der Waals surface area contributed by atoms with Gasteiger partial charge in [0.15, 0.2) is 0 Å². The molecule has 0 spiro atoms. The maximum atomic E-state index is 13.8. The predicted molar refractivity (Wildman–Crippen MR) is 119 cm³/mol. The van der Waals surface area contributed by atoms with Gasteiger partial charge in [0.2, 0.25) is 0 Å². The summed E-state index contributed by atoms with van der Waals surface area (Å²) in [5, 5.41) is 19.0. The SMILES string of the molecule is Oc1cncc(-c2cc3c(-c4cc5c(-c6cccc(F)c6)nccc5[nH]4)n[nH]c3cn2)c1.